The number of hydrogen-bond acceptors (Lipinski definition) is 3. The van der Waals surface area contributed by atoms with E-state index in [9.17, 15) is 4.79 Å². The maximum absolute atomic E-state index is 12.8. The highest BCUT2D eigenvalue weighted by atomic mass is 16.5. The lowest BCUT2D eigenvalue weighted by Crippen LogP contribution is -2.28. The number of aromatic amines is 1. The number of H-pyrrole nitrogens is 1. The zero-order valence-corrected chi connectivity index (χ0v) is 14.0. The molecule has 1 aromatic carbocycles. The van der Waals surface area contributed by atoms with Crippen molar-refractivity contribution in [3.8, 4) is 5.75 Å². The Morgan fingerprint density at radius 1 is 1.27 bits per heavy atom. The minimum absolute atomic E-state index is 0.111. The topological polar surface area (TPSA) is 45.3 Å². The number of hydrogen-bond donors (Lipinski definition) is 1. The summed E-state index contributed by atoms with van der Waals surface area (Å²) in [6.07, 6.45) is 2.33. The molecule has 1 N–H and O–H groups in total. The van der Waals surface area contributed by atoms with Gasteiger partial charge < -0.3 is 9.72 Å². The van der Waals surface area contributed by atoms with Crippen molar-refractivity contribution in [2.45, 2.75) is 40.2 Å². The van der Waals surface area contributed by atoms with E-state index < -0.39 is 0 Å². The van der Waals surface area contributed by atoms with Gasteiger partial charge in [-0.3, -0.25) is 9.69 Å². The Morgan fingerprint density at radius 2 is 2.05 bits per heavy atom. The molecular weight excluding hydrogens is 276 g/mol. The largest absolute Gasteiger partial charge is 0.497 e. The summed E-state index contributed by atoms with van der Waals surface area (Å²) >= 11 is 0. The SMILES string of the molecule is CCCCN(CC)Cc1c(C)[nH]c2ccc(OC)cc2c1=O. The van der Waals surface area contributed by atoms with Crippen LogP contribution in [0.25, 0.3) is 10.9 Å². The Morgan fingerprint density at radius 3 is 2.68 bits per heavy atom. The number of benzene rings is 1. The van der Waals surface area contributed by atoms with Gasteiger partial charge in [0, 0.05) is 28.7 Å². The van der Waals surface area contributed by atoms with Crippen LogP contribution in [-0.4, -0.2) is 30.1 Å². The normalized spacial score (nSPS) is 11.3. The first kappa shape index (κ1) is 16.6. The molecule has 22 heavy (non-hydrogen) atoms. The Balaban J connectivity index is 2.42. The van der Waals surface area contributed by atoms with Crippen molar-refractivity contribution in [1.82, 2.24) is 9.88 Å². The van der Waals surface area contributed by atoms with Gasteiger partial charge in [0.25, 0.3) is 0 Å². The van der Waals surface area contributed by atoms with Crippen molar-refractivity contribution in [2.75, 3.05) is 20.2 Å². The van der Waals surface area contributed by atoms with Gasteiger partial charge in [-0.25, -0.2) is 0 Å². The Kier molecular flexibility index (Phi) is 5.61. The third-order valence-corrected chi connectivity index (χ3v) is 4.18. The van der Waals surface area contributed by atoms with E-state index in [0.717, 1.165) is 36.3 Å². The second kappa shape index (κ2) is 7.45. The van der Waals surface area contributed by atoms with E-state index in [4.69, 9.17) is 4.74 Å². The molecule has 1 heterocycles. The predicted molar refractivity (Wildman–Crippen MR) is 91.7 cm³/mol. The lowest BCUT2D eigenvalue weighted by atomic mass is 10.1. The summed E-state index contributed by atoms with van der Waals surface area (Å²) < 4.78 is 5.24. The smallest absolute Gasteiger partial charge is 0.194 e. The van der Waals surface area contributed by atoms with E-state index in [0.29, 0.717) is 17.7 Å². The fraction of sp³-hybridized carbons (Fsp3) is 0.500. The van der Waals surface area contributed by atoms with Crippen molar-refractivity contribution in [1.29, 1.82) is 0 Å². The molecule has 120 valence electrons. The number of pyridine rings is 1. The molecule has 4 heteroatoms. The number of nitrogens with one attached hydrogen (secondary N) is 1. The minimum atomic E-state index is 0.111. The van der Waals surface area contributed by atoms with Crippen LogP contribution in [0.3, 0.4) is 0 Å². The second-order valence-corrected chi connectivity index (χ2v) is 5.69. The third kappa shape index (κ3) is 3.50. The van der Waals surface area contributed by atoms with Crippen molar-refractivity contribution in [3.63, 3.8) is 0 Å². The number of ether oxygens (including phenoxy) is 1. The highest BCUT2D eigenvalue weighted by Crippen LogP contribution is 2.19. The first-order chi connectivity index (χ1) is 10.6. The van der Waals surface area contributed by atoms with E-state index in [2.05, 4.69) is 23.7 Å². The quantitative estimate of drug-likeness (QED) is 0.852. The van der Waals surface area contributed by atoms with Crippen LogP contribution in [0.4, 0.5) is 0 Å². The van der Waals surface area contributed by atoms with Gasteiger partial charge in [0.15, 0.2) is 5.43 Å². The summed E-state index contributed by atoms with van der Waals surface area (Å²) in [6.45, 7) is 8.99. The van der Waals surface area contributed by atoms with Gasteiger partial charge in [-0.05, 0) is 44.6 Å². The van der Waals surface area contributed by atoms with Gasteiger partial charge in [0.05, 0.1) is 7.11 Å². The Labute approximate surface area is 132 Å². The molecule has 0 atom stereocenters. The maximum Gasteiger partial charge on any atom is 0.194 e. The number of aromatic nitrogens is 1. The van der Waals surface area contributed by atoms with Gasteiger partial charge in [-0.1, -0.05) is 20.3 Å². The van der Waals surface area contributed by atoms with Crippen LogP contribution >= 0.6 is 0 Å². The van der Waals surface area contributed by atoms with E-state index in [1.807, 2.05) is 25.1 Å². The van der Waals surface area contributed by atoms with Crippen LogP contribution in [-0.2, 0) is 6.54 Å². The highest BCUT2D eigenvalue weighted by Gasteiger charge is 2.13. The Hall–Kier alpha value is -1.81. The molecule has 0 bridgehead atoms. The predicted octanol–water partition coefficient (Wildman–Crippen LogP) is 3.47. The van der Waals surface area contributed by atoms with Crippen molar-refractivity contribution in [3.05, 3.63) is 39.7 Å². The van der Waals surface area contributed by atoms with Crippen LogP contribution in [0.2, 0.25) is 0 Å². The third-order valence-electron chi connectivity index (χ3n) is 4.18. The first-order valence-corrected chi connectivity index (χ1v) is 8.02. The van der Waals surface area contributed by atoms with Crippen LogP contribution < -0.4 is 10.2 Å². The summed E-state index contributed by atoms with van der Waals surface area (Å²) in [5.74, 6) is 0.714. The molecule has 1 aromatic heterocycles. The molecule has 0 saturated heterocycles. The van der Waals surface area contributed by atoms with Gasteiger partial charge in [-0.2, -0.15) is 0 Å². The van der Waals surface area contributed by atoms with Crippen molar-refractivity contribution >= 4 is 10.9 Å². The summed E-state index contributed by atoms with van der Waals surface area (Å²) in [5, 5.41) is 0.700. The molecule has 0 radical (unpaired) electrons. The molecule has 0 spiro atoms. The van der Waals surface area contributed by atoms with Crippen molar-refractivity contribution < 1.29 is 4.74 Å². The molecule has 0 aliphatic carbocycles. The number of unbranched alkanes of at least 4 members (excludes halogenated alkanes) is 1. The average Bonchev–Trinajstić information content (AvgIpc) is 2.54. The highest BCUT2D eigenvalue weighted by molar-refractivity contribution is 5.81. The number of methoxy groups -OCH3 is 1. The van der Waals surface area contributed by atoms with Crippen LogP contribution in [0.1, 0.15) is 37.9 Å². The molecular formula is C18H26N2O2. The minimum Gasteiger partial charge on any atom is -0.497 e. The number of aryl methyl sites for hydroxylation is 1. The van der Waals surface area contributed by atoms with Gasteiger partial charge >= 0.3 is 0 Å². The van der Waals surface area contributed by atoms with E-state index in [1.54, 1.807) is 7.11 Å². The van der Waals surface area contributed by atoms with Crippen LogP contribution in [0.15, 0.2) is 23.0 Å². The molecule has 2 rings (SSSR count). The Bertz CT molecular complexity index is 691. The lowest BCUT2D eigenvalue weighted by molar-refractivity contribution is 0.274. The molecule has 0 saturated carbocycles. The lowest BCUT2D eigenvalue weighted by Gasteiger charge is -2.21. The monoisotopic (exact) mass is 302 g/mol. The number of fused-ring (bicyclic) bond motifs is 1. The van der Waals surface area contributed by atoms with Gasteiger partial charge in [-0.15, -0.1) is 0 Å². The molecule has 0 amide bonds. The molecule has 4 nitrogen and oxygen atoms in total. The average molecular weight is 302 g/mol. The van der Waals surface area contributed by atoms with E-state index in [1.165, 1.54) is 6.42 Å². The second-order valence-electron chi connectivity index (χ2n) is 5.69. The van der Waals surface area contributed by atoms with Crippen LogP contribution in [0, 0.1) is 6.92 Å². The number of rotatable bonds is 7. The summed E-state index contributed by atoms with van der Waals surface area (Å²) in [6, 6.07) is 5.59. The van der Waals surface area contributed by atoms with E-state index >= 15 is 0 Å². The molecule has 0 aliphatic rings. The summed E-state index contributed by atoms with van der Waals surface area (Å²) in [5.41, 5.74) is 2.79. The van der Waals surface area contributed by atoms with Crippen LogP contribution in [0.5, 0.6) is 5.75 Å². The van der Waals surface area contributed by atoms with Crippen molar-refractivity contribution in [2.24, 2.45) is 0 Å². The zero-order valence-electron chi connectivity index (χ0n) is 14.0. The van der Waals surface area contributed by atoms with Gasteiger partial charge in [0.1, 0.15) is 5.75 Å². The maximum atomic E-state index is 12.8. The molecule has 2 aromatic rings. The molecule has 0 unspecified atom stereocenters. The fourth-order valence-electron chi connectivity index (χ4n) is 2.70. The molecule has 0 aliphatic heterocycles. The fourth-order valence-corrected chi connectivity index (χ4v) is 2.70. The summed E-state index contributed by atoms with van der Waals surface area (Å²) in [7, 11) is 1.62. The summed E-state index contributed by atoms with van der Waals surface area (Å²) in [4.78, 5) is 18.5. The first-order valence-electron chi connectivity index (χ1n) is 8.02. The standard InChI is InChI=1S/C18H26N2O2/c1-5-7-10-20(6-2)12-16-13(3)19-17-9-8-14(22-4)11-15(17)18(16)21/h8-9,11H,5-7,10,12H2,1-4H3,(H,19,21). The zero-order chi connectivity index (χ0) is 16.1. The number of nitrogens with zero attached hydrogens (tertiary/aromatic N) is 1. The van der Waals surface area contributed by atoms with Gasteiger partial charge in [0.2, 0.25) is 0 Å². The molecule has 0 fully saturated rings. The van der Waals surface area contributed by atoms with E-state index in [-0.39, 0.29) is 5.43 Å².